The molecule has 242 valence electrons. The minimum atomic E-state index is -1.59. The first-order valence-corrected chi connectivity index (χ1v) is 15.5. The van der Waals surface area contributed by atoms with E-state index in [1.165, 1.54) is 56.9 Å². The highest BCUT2D eigenvalue weighted by Crippen LogP contribution is 2.44. The van der Waals surface area contributed by atoms with Crippen LogP contribution in [-0.4, -0.2) is 54.0 Å². The van der Waals surface area contributed by atoms with Crippen LogP contribution >= 0.6 is 0 Å². The fourth-order valence-corrected chi connectivity index (χ4v) is 6.00. The zero-order valence-corrected chi connectivity index (χ0v) is 25.8. The molecule has 0 heterocycles. The van der Waals surface area contributed by atoms with E-state index in [9.17, 15) is 18.4 Å². The van der Waals surface area contributed by atoms with Crippen LogP contribution in [0.3, 0.4) is 0 Å². The Morgan fingerprint density at radius 3 is 1.91 bits per heavy atom. The molecule has 1 aromatic carbocycles. The number of rotatable bonds is 14. The zero-order valence-electron chi connectivity index (χ0n) is 25.8. The third-order valence-corrected chi connectivity index (χ3v) is 8.45. The molecule has 6 nitrogen and oxygen atoms in total. The van der Waals surface area contributed by atoms with E-state index in [1.54, 1.807) is 6.92 Å². The molecule has 2 aliphatic carbocycles. The molecule has 2 aliphatic rings. The molecule has 0 radical (unpaired) electrons. The van der Waals surface area contributed by atoms with Crippen molar-refractivity contribution in [2.75, 3.05) is 19.8 Å². The van der Waals surface area contributed by atoms with E-state index in [0.717, 1.165) is 35.5 Å². The Bertz CT molecular complexity index is 957. The molecule has 2 fully saturated rings. The van der Waals surface area contributed by atoms with E-state index in [-0.39, 0.29) is 31.5 Å². The van der Waals surface area contributed by atoms with Crippen molar-refractivity contribution >= 4 is 12.8 Å². The number of aryl methyl sites for hydroxylation is 1. The molecular formula is C35H52F2O6. The van der Waals surface area contributed by atoms with Crippen LogP contribution in [0.1, 0.15) is 94.6 Å². The first-order valence-electron chi connectivity index (χ1n) is 15.5. The van der Waals surface area contributed by atoms with Crippen molar-refractivity contribution < 1.29 is 38.4 Å². The van der Waals surface area contributed by atoms with Gasteiger partial charge in [0.05, 0.1) is 13.2 Å². The summed E-state index contributed by atoms with van der Waals surface area (Å²) in [4.78, 5) is 20.1. The van der Waals surface area contributed by atoms with Gasteiger partial charge in [-0.05, 0) is 106 Å². The third kappa shape index (κ3) is 16.7. The topological polar surface area (TPSA) is 104 Å². The van der Waals surface area contributed by atoms with Gasteiger partial charge in [-0.15, -0.1) is 0 Å². The smallest absolute Gasteiger partial charge is 0.293 e. The molecule has 8 heteroatoms. The van der Waals surface area contributed by atoms with Crippen molar-refractivity contribution in [3.63, 3.8) is 0 Å². The summed E-state index contributed by atoms with van der Waals surface area (Å²) in [5, 5.41) is 25.2. The third-order valence-electron chi connectivity index (χ3n) is 8.45. The molecule has 3 N–H and O–H groups in total. The molecular weight excluding hydrogens is 554 g/mol. The Hall–Kier alpha value is -2.68. The van der Waals surface area contributed by atoms with Crippen LogP contribution in [0.25, 0.3) is 0 Å². The highest BCUT2D eigenvalue weighted by Gasteiger charge is 2.32. The SMILES string of the molecule is C=C(C)CO.C=C(C=O)CO.O=COC(CCO)CC1CCC(C2CCC(c3ccc(CCC=C(F)F)cc3)CC2)CC1. The van der Waals surface area contributed by atoms with Crippen molar-refractivity contribution in [1.82, 2.24) is 0 Å². The number of ether oxygens (including phenoxy) is 1. The summed E-state index contributed by atoms with van der Waals surface area (Å²) in [7, 11) is 0. The van der Waals surface area contributed by atoms with Gasteiger partial charge in [0.1, 0.15) is 12.4 Å². The number of allylic oxidation sites excluding steroid dienone is 1. The van der Waals surface area contributed by atoms with Gasteiger partial charge in [-0.1, -0.05) is 55.8 Å². The number of hydrogen-bond acceptors (Lipinski definition) is 6. The summed E-state index contributed by atoms with van der Waals surface area (Å²) in [5.74, 6) is 2.88. The Morgan fingerprint density at radius 2 is 1.49 bits per heavy atom. The highest BCUT2D eigenvalue weighted by atomic mass is 19.3. The van der Waals surface area contributed by atoms with E-state index in [1.807, 2.05) is 0 Å². The first kappa shape index (κ1) is 38.3. The lowest BCUT2D eigenvalue weighted by molar-refractivity contribution is -0.135. The number of benzene rings is 1. The van der Waals surface area contributed by atoms with Crippen LogP contribution in [0.2, 0.25) is 0 Å². The molecule has 43 heavy (non-hydrogen) atoms. The van der Waals surface area contributed by atoms with Crippen molar-refractivity contribution in [3.8, 4) is 0 Å². The second kappa shape index (κ2) is 22.8. The summed E-state index contributed by atoms with van der Waals surface area (Å²) in [5.41, 5.74) is 3.55. The standard InChI is InChI=1S/C27H38F2O3.C4H6O2.C4H8O/c28-27(29)3-1-2-20-4-8-22(9-5-20)24-12-14-25(15-13-24)23-10-6-21(7-11-23)18-26(16-17-30)32-19-31;1-4(2-5)3-6;1-4(2)3-5/h3-5,8-9,19,21,23-26,30H,1-2,6-7,10-18H2;2,6H,1,3H2;5H,1,3H2,2H3. The van der Waals surface area contributed by atoms with E-state index in [2.05, 4.69) is 37.4 Å². The molecule has 1 aromatic rings. The van der Waals surface area contributed by atoms with Crippen LogP contribution in [0, 0.1) is 17.8 Å². The monoisotopic (exact) mass is 606 g/mol. The summed E-state index contributed by atoms with van der Waals surface area (Å²) in [6, 6.07) is 8.60. The number of halogens is 2. The summed E-state index contributed by atoms with van der Waals surface area (Å²) in [6.07, 6.45) is 12.3. The largest absolute Gasteiger partial charge is 0.464 e. The molecule has 0 bridgehead atoms. The number of aliphatic hydroxyl groups is 3. The minimum Gasteiger partial charge on any atom is -0.464 e. The van der Waals surface area contributed by atoms with Crippen LogP contribution in [-0.2, 0) is 20.7 Å². The van der Waals surface area contributed by atoms with Gasteiger partial charge < -0.3 is 20.1 Å². The van der Waals surface area contributed by atoms with E-state index in [4.69, 9.17) is 20.1 Å². The highest BCUT2D eigenvalue weighted by molar-refractivity contribution is 5.72. The number of carbonyl (C=O) groups is 2. The number of carbonyl (C=O) groups excluding carboxylic acids is 2. The van der Waals surface area contributed by atoms with Gasteiger partial charge >= 0.3 is 0 Å². The van der Waals surface area contributed by atoms with Crippen molar-refractivity contribution in [3.05, 3.63) is 71.9 Å². The fourth-order valence-electron chi connectivity index (χ4n) is 6.00. The lowest BCUT2D eigenvalue weighted by Gasteiger charge is -2.38. The Balaban J connectivity index is 0.000000716. The molecule has 3 rings (SSSR count). The van der Waals surface area contributed by atoms with E-state index < -0.39 is 6.08 Å². The number of aliphatic hydroxyl groups excluding tert-OH is 3. The van der Waals surface area contributed by atoms with Gasteiger partial charge in [-0.2, -0.15) is 8.78 Å². The lowest BCUT2D eigenvalue weighted by atomic mass is 9.68. The average molecular weight is 607 g/mol. The molecule has 0 amide bonds. The second-order valence-electron chi connectivity index (χ2n) is 11.8. The predicted molar refractivity (Wildman–Crippen MR) is 167 cm³/mol. The van der Waals surface area contributed by atoms with Crippen LogP contribution < -0.4 is 0 Å². The predicted octanol–water partition coefficient (Wildman–Crippen LogP) is 7.08. The molecule has 0 aromatic heterocycles. The first-order chi connectivity index (χ1) is 20.7. The van der Waals surface area contributed by atoms with E-state index in [0.29, 0.717) is 43.9 Å². The zero-order chi connectivity index (χ0) is 32.0. The Morgan fingerprint density at radius 1 is 0.930 bits per heavy atom. The van der Waals surface area contributed by atoms with Gasteiger partial charge in [0, 0.05) is 18.6 Å². The van der Waals surface area contributed by atoms with Crippen LogP contribution in [0.5, 0.6) is 0 Å². The van der Waals surface area contributed by atoms with Crippen molar-refractivity contribution in [2.24, 2.45) is 17.8 Å². The minimum absolute atomic E-state index is 0.0658. The van der Waals surface area contributed by atoms with Gasteiger partial charge in [0.15, 0.2) is 0 Å². The second-order valence-corrected chi connectivity index (χ2v) is 11.8. The van der Waals surface area contributed by atoms with Gasteiger partial charge in [0.2, 0.25) is 0 Å². The van der Waals surface area contributed by atoms with Crippen LogP contribution in [0.15, 0.2) is 60.7 Å². The van der Waals surface area contributed by atoms with Gasteiger partial charge in [-0.3, -0.25) is 9.59 Å². The lowest BCUT2D eigenvalue weighted by Crippen LogP contribution is -2.27. The molecule has 0 saturated heterocycles. The number of hydrogen-bond donors (Lipinski definition) is 3. The van der Waals surface area contributed by atoms with Crippen molar-refractivity contribution in [1.29, 1.82) is 0 Å². The van der Waals surface area contributed by atoms with Crippen LogP contribution in [0.4, 0.5) is 8.78 Å². The molecule has 1 unspecified atom stereocenters. The fraction of sp³-hybridized carbons (Fsp3) is 0.600. The van der Waals surface area contributed by atoms with E-state index >= 15 is 0 Å². The van der Waals surface area contributed by atoms with Gasteiger partial charge in [0.25, 0.3) is 12.6 Å². The Labute approximate surface area is 256 Å². The maximum Gasteiger partial charge on any atom is 0.293 e. The average Bonchev–Trinajstić information content (AvgIpc) is 3.02. The Kier molecular flexibility index (Phi) is 20.3. The normalized spacial score (nSPS) is 21.9. The van der Waals surface area contributed by atoms with Crippen molar-refractivity contribution in [2.45, 2.75) is 96.0 Å². The molecule has 2 saturated carbocycles. The summed E-state index contributed by atoms with van der Waals surface area (Å²) in [6.45, 7) is 8.84. The molecule has 1 atom stereocenters. The maximum atomic E-state index is 12.2. The summed E-state index contributed by atoms with van der Waals surface area (Å²) < 4.78 is 29.5. The number of aldehydes is 1. The summed E-state index contributed by atoms with van der Waals surface area (Å²) >= 11 is 0. The van der Waals surface area contributed by atoms with Gasteiger partial charge in [-0.25, -0.2) is 0 Å². The molecule has 0 aliphatic heterocycles. The quantitative estimate of drug-likeness (QED) is 0.119. The maximum absolute atomic E-state index is 12.2. The molecule has 0 spiro atoms.